The molecule has 0 aliphatic carbocycles. The maximum atomic E-state index is 12.3. The Morgan fingerprint density at radius 2 is 2.19 bits per heavy atom. The number of para-hydroxylation sites is 1. The largest absolute Gasteiger partial charge is 0.496 e. The average molecular weight is 292 g/mol. The zero-order valence-electron chi connectivity index (χ0n) is 13.0. The lowest BCUT2D eigenvalue weighted by molar-refractivity contribution is -0.0277. The highest BCUT2D eigenvalue weighted by Gasteiger charge is 2.33. The molecule has 5 nitrogen and oxygen atoms in total. The number of ether oxygens (including phenoxy) is 2. The highest BCUT2D eigenvalue weighted by atomic mass is 16.5. The van der Waals surface area contributed by atoms with Gasteiger partial charge in [-0.25, -0.2) is 4.79 Å². The molecule has 1 N–H and O–H groups in total. The highest BCUT2D eigenvalue weighted by molar-refractivity contribution is 5.75. The zero-order chi connectivity index (χ0) is 15.3. The van der Waals surface area contributed by atoms with Crippen LogP contribution in [0, 0.1) is 0 Å². The van der Waals surface area contributed by atoms with Gasteiger partial charge in [0.15, 0.2) is 0 Å². The fourth-order valence-corrected chi connectivity index (χ4v) is 2.54. The maximum Gasteiger partial charge on any atom is 0.318 e. The summed E-state index contributed by atoms with van der Waals surface area (Å²) in [6.45, 7) is 6.44. The van der Waals surface area contributed by atoms with Crippen molar-refractivity contribution in [3.05, 3.63) is 29.8 Å². The number of amides is 2. The predicted molar refractivity (Wildman–Crippen MR) is 81.7 cm³/mol. The number of hydrogen-bond donors (Lipinski definition) is 1. The summed E-state index contributed by atoms with van der Waals surface area (Å²) in [4.78, 5) is 14.1. The van der Waals surface area contributed by atoms with E-state index in [1.165, 1.54) is 0 Å². The number of morpholine rings is 1. The number of methoxy groups -OCH3 is 1. The first-order valence-electron chi connectivity index (χ1n) is 7.30. The first-order valence-corrected chi connectivity index (χ1v) is 7.30. The van der Waals surface area contributed by atoms with Crippen molar-refractivity contribution in [1.29, 1.82) is 0 Å². The third-order valence-electron chi connectivity index (χ3n) is 3.75. The second kappa shape index (κ2) is 6.80. The van der Waals surface area contributed by atoms with Crippen molar-refractivity contribution in [1.82, 2.24) is 10.2 Å². The molecule has 0 saturated carbocycles. The number of carbonyl (C=O) groups excluding carboxylic acids is 1. The lowest BCUT2D eigenvalue weighted by Gasteiger charge is -2.41. The highest BCUT2D eigenvalue weighted by Crippen LogP contribution is 2.19. The second-order valence-corrected chi connectivity index (χ2v) is 5.81. The summed E-state index contributed by atoms with van der Waals surface area (Å²) in [5.74, 6) is 0.860. The molecular formula is C16H24N2O3. The van der Waals surface area contributed by atoms with Gasteiger partial charge < -0.3 is 19.7 Å². The average Bonchev–Trinajstić information content (AvgIpc) is 2.47. The fourth-order valence-electron chi connectivity index (χ4n) is 2.54. The van der Waals surface area contributed by atoms with E-state index < -0.39 is 0 Å². The molecule has 0 radical (unpaired) electrons. The van der Waals surface area contributed by atoms with Gasteiger partial charge in [0.2, 0.25) is 0 Å². The first kappa shape index (κ1) is 15.6. The normalized spacial score (nSPS) is 17.4. The quantitative estimate of drug-likeness (QED) is 0.924. The monoisotopic (exact) mass is 292 g/mol. The van der Waals surface area contributed by atoms with E-state index in [2.05, 4.69) is 5.32 Å². The molecule has 5 heteroatoms. The number of rotatable bonds is 4. The van der Waals surface area contributed by atoms with Crippen LogP contribution in [-0.4, -0.2) is 49.9 Å². The molecule has 0 unspecified atom stereocenters. The van der Waals surface area contributed by atoms with Crippen molar-refractivity contribution in [3.8, 4) is 5.75 Å². The summed E-state index contributed by atoms with van der Waals surface area (Å²) in [5.41, 5.74) is 0.841. The molecule has 1 saturated heterocycles. The van der Waals surface area contributed by atoms with Crippen LogP contribution in [-0.2, 0) is 11.2 Å². The molecule has 0 aromatic heterocycles. The van der Waals surface area contributed by atoms with Gasteiger partial charge in [0.1, 0.15) is 5.75 Å². The van der Waals surface area contributed by atoms with Gasteiger partial charge in [0.25, 0.3) is 0 Å². The van der Waals surface area contributed by atoms with Gasteiger partial charge in [-0.1, -0.05) is 18.2 Å². The third kappa shape index (κ3) is 3.88. The van der Waals surface area contributed by atoms with E-state index in [1.54, 1.807) is 7.11 Å². The number of nitrogens with zero attached hydrogens (tertiary/aromatic N) is 1. The topological polar surface area (TPSA) is 50.8 Å². The molecule has 1 aromatic rings. The number of nitrogens with one attached hydrogen (secondary N) is 1. The Labute approximate surface area is 126 Å². The van der Waals surface area contributed by atoms with Gasteiger partial charge in [0.05, 0.1) is 25.9 Å². The van der Waals surface area contributed by atoms with E-state index in [4.69, 9.17) is 9.47 Å². The van der Waals surface area contributed by atoms with Crippen LogP contribution in [0.3, 0.4) is 0 Å². The molecule has 0 bridgehead atoms. The van der Waals surface area contributed by atoms with Crippen LogP contribution in [0.1, 0.15) is 19.4 Å². The molecule has 0 spiro atoms. The molecule has 1 aromatic carbocycles. The van der Waals surface area contributed by atoms with Gasteiger partial charge >= 0.3 is 6.03 Å². The smallest absolute Gasteiger partial charge is 0.318 e. The molecule has 1 aliphatic rings. The summed E-state index contributed by atoms with van der Waals surface area (Å²) in [6.07, 6.45) is 0.751. The number of carbonyl (C=O) groups is 1. The van der Waals surface area contributed by atoms with Crippen molar-refractivity contribution in [2.24, 2.45) is 0 Å². The van der Waals surface area contributed by atoms with Gasteiger partial charge in [-0.05, 0) is 31.9 Å². The summed E-state index contributed by atoms with van der Waals surface area (Å²) >= 11 is 0. The lowest BCUT2D eigenvalue weighted by Crippen LogP contribution is -2.58. The Morgan fingerprint density at radius 3 is 2.90 bits per heavy atom. The molecule has 116 valence electrons. The van der Waals surface area contributed by atoms with Crippen LogP contribution in [0.5, 0.6) is 5.75 Å². The summed E-state index contributed by atoms with van der Waals surface area (Å²) < 4.78 is 10.7. The molecular weight excluding hydrogens is 268 g/mol. The van der Waals surface area contributed by atoms with E-state index in [9.17, 15) is 4.79 Å². The molecule has 1 aliphatic heterocycles. The third-order valence-corrected chi connectivity index (χ3v) is 3.75. The van der Waals surface area contributed by atoms with Crippen LogP contribution in [0.25, 0.3) is 0 Å². The number of hydrogen-bond acceptors (Lipinski definition) is 3. The fraction of sp³-hybridized carbons (Fsp3) is 0.562. The molecule has 2 rings (SSSR count). The van der Waals surface area contributed by atoms with Crippen LogP contribution in [0.2, 0.25) is 0 Å². The van der Waals surface area contributed by atoms with Crippen LogP contribution in [0.15, 0.2) is 24.3 Å². The summed E-state index contributed by atoms with van der Waals surface area (Å²) in [5, 5.41) is 2.98. The molecule has 1 fully saturated rings. The first-order chi connectivity index (χ1) is 10.0. The van der Waals surface area contributed by atoms with Gasteiger partial charge in [-0.15, -0.1) is 0 Å². The summed E-state index contributed by atoms with van der Waals surface area (Å²) in [6, 6.07) is 7.84. The molecule has 1 heterocycles. The lowest BCUT2D eigenvalue weighted by atomic mass is 10.0. The van der Waals surface area contributed by atoms with Crippen molar-refractivity contribution >= 4 is 6.03 Å². The SMILES string of the molecule is COc1ccccc1CCNC(=O)N1CCOCC1(C)C. The van der Waals surface area contributed by atoms with Gasteiger partial charge in [-0.2, -0.15) is 0 Å². The van der Waals surface area contributed by atoms with Crippen molar-refractivity contribution in [2.75, 3.05) is 33.4 Å². The van der Waals surface area contributed by atoms with Gasteiger partial charge in [-0.3, -0.25) is 0 Å². The van der Waals surface area contributed by atoms with Crippen LogP contribution < -0.4 is 10.1 Å². The Balaban J connectivity index is 1.87. The molecule has 21 heavy (non-hydrogen) atoms. The number of benzene rings is 1. The van der Waals surface area contributed by atoms with Crippen LogP contribution in [0.4, 0.5) is 4.79 Å². The van der Waals surface area contributed by atoms with E-state index in [0.29, 0.717) is 26.3 Å². The zero-order valence-corrected chi connectivity index (χ0v) is 13.0. The Bertz CT molecular complexity index is 488. The second-order valence-electron chi connectivity index (χ2n) is 5.81. The minimum Gasteiger partial charge on any atom is -0.496 e. The Hall–Kier alpha value is -1.75. The van der Waals surface area contributed by atoms with Crippen molar-refractivity contribution in [2.45, 2.75) is 25.8 Å². The van der Waals surface area contributed by atoms with Crippen molar-refractivity contribution in [3.63, 3.8) is 0 Å². The Morgan fingerprint density at radius 1 is 1.43 bits per heavy atom. The van der Waals surface area contributed by atoms with Crippen molar-refractivity contribution < 1.29 is 14.3 Å². The minimum absolute atomic E-state index is 0.0294. The standard InChI is InChI=1S/C16H24N2O3/c1-16(2)12-21-11-10-18(16)15(19)17-9-8-13-6-4-5-7-14(13)20-3/h4-7H,8-12H2,1-3H3,(H,17,19). The molecule has 2 amide bonds. The van der Waals surface area contributed by atoms with Crippen LogP contribution >= 0.6 is 0 Å². The van der Waals surface area contributed by atoms with E-state index in [1.807, 2.05) is 43.0 Å². The maximum absolute atomic E-state index is 12.3. The van der Waals surface area contributed by atoms with Gasteiger partial charge in [0, 0.05) is 13.1 Å². The van der Waals surface area contributed by atoms with E-state index >= 15 is 0 Å². The minimum atomic E-state index is -0.257. The van der Waals surface area contributed by atoms with E-state index in [0.717, 1.165) is 17.7 Å². The predicted octanol–water partition coefficient (Wildman–Crippen LogP) is 2.06. The molecule has 0 atom stereocenters. The summed E-state index contributed by atoms with van der Waals surface area (Å²) in [7, 11) is 1.66. The Kier molecular flexibility index (Phi) is 5.07. The number of urea groups is 1. The van der Waals surface area contributed by atoms with E-state index in [-0.39, 0.29) is 11.6 Å².